The van der Waals surface area contributed by atoms with Crippen LogP contribution in [0.4, 0.5) is 18.8 Å². The summed E-state index contributed by atoms with van der Waals surface area (Å²) < 4.78 is 8.88. The summed E-state index contributed by atoms with van der Waals surface area (Å²) in [7, 11) is -4.64. The standard InChI is InChI=1S/B.4FH.H3O4P/c;;;;;1-5(2,3)4/h;4*1H;(H3,1,2,3,4). The molecule has 0 saturated heterocycles. The summed E-state index contributed by atoms with van der Waals surface area (Å²) in [6.45, 7) is 0. The van der Waals surface area contributed by atoms with Crippen LogP contribution < -0.4 is 0 Å². The quantitative estimate of drug-likeness (QED) is 0.267. The summed E-state index contributed by atoms with van der Waals surface area (Å²) in [5, 5.41) is 0. The third-order valence-electron chi connectivity index (χ3n) is 0. The molecular formula is H7BF4O4P. The molecule has 0 amide bonds. The monoisotopic (exact) mass is 189 g/mol. The zero-order chi connectivity index (χ0) is 4.50. The Bertz CT molecular complexity index is 63.4. The van der Waals surface area contributed by atoms with Crippen LogP contribution >= 0.6 is 7.82 Å². The first-order valence-corrected chi connectivity index (χ1v) is 2.35. The highest BCUT2D eigenvalue weighted by Gasteiger charge is 2.00. The zero-order valence-electron chi connectivity index (χ0n) is 4.41. The Morgan fingerprint density at radius 1 is 0.800 bits per heavy atom. The second-order valence-electron chi connectivity index (χ2n) is 0.513. The highest BCUT2D eigenvalue weighted by molar-refractivity contribution is 7.45. The van der Waals surface area contributed by atoms with Gasteiger partial charge in [-0.3, -0.25) is 18.8 Å². The molecule has 67 valence electrons. The lowest BCUT2D eigenvalue weighted by atomic mass is 10.8. The van der Waals surface area contributed by atoms with Crippen LogP contribution in [-0.2, 0) is 4.57 Å². The van der Waals surface area contributed by atoms with E-state index in [-0.39, 0.29) is 27.2 Å². The largest absolute Gasteiger partial charge is 0.466 e. The van der Waals surface area contributed by atoms with Crippen LogP contribution in [0.2, 0.25) is 0 Å². The summed E-state index contributed by atoms with van der Waals surface area (Å²) >= 11 is 0. The van der Waals surface area contributed by atoms with Gasteiger partial charge in [-0.15, -0.1) is 0 Å². The summed E-state index contributed by atoms with van der Waals surface area (Å²) in [6.07, 6.45) is 0. The number of halogens is 4. The number of hydrogen-bond donors (Lipinski definition) is 3. The number of hydrogen-bond acceptors (Lipinski definition) is 1. The highest BCUT2D eigenvalue weighted by Crippen LogP contribution is 2.25. The molecule has 0 saturated carbocycles. The molecule has 10 heteroatoms. The molecule has 0 heterocycles. The van der Waals surface area contributed by atoms with E-state index in [1.807, 2.05) is 0 Å². The first-order chi connectivity index (χ1) is 2.00. The van der Waals surface area contributed by atoms with E-state index < -0.39 is 7.82 Å². The third-order valence-corrected chi connectivity index (χ3v) is 0. The van der Waals surface area contributed by atoms with Crippen LogP contribution in [0.25, 0.3) is 0 Å². The number of phosphoric acid groups is 1. The lowest BCUT2D eigenvalue weighted by molar-refractivity contribution is 0.275. The fourth-order valence-electron chi connectivity index (χ4n) is 0. The molecule has 3 radical (unpaired) electrons. The normalized spacial score (nSPS) is 5.90. The molecule has 3 N–H and O–H groups in total. The minimum absolute atomic E-state index is 0. The van der Waals surface area contributed by atoms with Crippen molar-refractivity contribution in [2.75, 3.05) is 0 Å². The number of rotatable bonds is 0. The van der Waals surface area contributed by atoms with Crippen molar-refractivity contribution >= 4 is 16.2 Å². The fourth-order valence-corrected chi connectivity index (χ4v) is 0. The Kier molecular flexibility index (Phi) is 82.3. The SMILES string of the molecule is F.F.F.F.O=P(O)(O)O.[B]. The molecule has 0 rings (SSSR count). The molecular weight excluding hydrogens is 182 g/mol. The van der Waals surface area contributed by atoms with Gasteiger partial charge in [-0.1, -0.05) is 0 Å². The minimum atomic E-state index is -4.64. The Balaban J connectivity index is -0.00000000800. The first-order valence-electron chi connectivity index (χ1n) is 0.783. The van der Waals surface area contributed by atoms with E-state index in [0.717, 1.165) is 0 Å². The van der Waals surface area contributed by atoms with Crippen LogP contribution in [0, 0.1) is 0 Å². The van der Waals surface area contributed by atoms with Gasteiger partial charge in [0.1, 0.15) is 0 Å². The second-order valence-corrected chi connectivity index (χ2v) is 1.54. The van der Waals surface area contributed by atoms with Crippen molar-refractivity contribution in [3.8, 4) is 0 Å². The van der Waals surface area contributed by atoms with Gasteiger partial charge < -0.3 is 14.7 Å². The van der Waals surface area contributed by atoms with E-state index in [1.165, 1.54) is 0 Å². The van der Waals surface area contributed by atoms with Gasteiger partial charge in [0.05, 0.1) is 0 Å². The van der Waals surface area contributed by atoms with E-state index in [9.17, 15) is 0 Å². The maximum atomic E-state index is 8.88. The van der Waals surface area contributed by atoms with E-state index in [4.69, 9.17) is 19.2 Å². The topological polar surface area (TPSA) is 77.8 Å². The highest BCUT2D eigenvalue weighted by atomic mass is 31.2. The molecule has 0 aliphatic heterocycles. The predicted molar refractivity (Wildman–Crippen MR) is 30.0 cm³/mol. The van der Waals surface area contributed by atoms with Crippen LogP contribution in [0.5, 0.6) is 0 Å². The molecule has 4 nitrogen and oxygen atoms in total. The van der Waals surface area contributed by atoms with Crippen LogP contribution in [0.3, 0.4) is 0 Å². The smallest absolute Gasteiger partial charge is 0.303 e. The lowest BCUT2D eigenvalue weighted by Gasteiger charge is -1.82. The van der Waals surface area contributed by atoms with E-state index in [2.05, 4.69) is 0 Å². The van der Waals surface area contributed by atoms with Gasteiger partial charge in [-0.2, -0.15) is 0 Å². The summed E-state index contributed by atoms with van der Waals surface area (Å²) in [4.78, 5) is 21.6. The maximum Gasteiger partial charge on any atom is 0.466 e. The summed E-state index contributed by atoms with van der Waals surface area (Å²) in [5.41, 5.74) is 0. The molecule has 0 unspecified atom stereocenters. The summed E-state index contributed by atoms with van der Waals surface area (Å²) in [6, 6.07) is 0. The molecule has 0 aliphatic carbocycles. The van der Waals surface area contributed by atoms with Crippen LogP contribution in [0.1, 0.15) is 0 Å². The third kappa shape index (κ3) is 34000. The molecule has 0 aromatic carbocycles. The van der Waals surface area contributed by atoms with Gasteiger partial charge in [0.25, 0.3) is 0 Å². The predicted octanol–water partition coefficient (Wildman–Crippen LogP) is -0.699. The molecule has 10 heavy (non-hydrogen) atoms. The molecule has 0 bridgehead atoms. The van der Waals surface area contributed by atoms with Crippen molar-refractivity contribution in [2.24, 2.45) is 0 Å². The Morgan fingerprint density at radius 3 is 0.800 bits per heavy atom. The Hall–Kier alpha value is -0.105. The van der Waals surface area contributed by atoms with Crippen molar-refractivity contribution in [1.29, 1.82) is 0 Å². The first kappa shape index (κ1) is 51.6. The maximum absolute atomic E-state index is 8.88. The van der Waals surface area contributed by atoms with Crippen molar-refractivity contribution in [2.45, 2.75) is 0 Å². The molecule has 0 aromatic heterocycles. The minimum Gasteiger partial charge on any atom is -0.303 e. The average Bonchev–Trinajstić information content (AvgIpc) is 0.722. The molecule has 0 fully saturated rings. The van der Waals surface area contributed by atoms with Gasteiger partial charge in [-0.05, 0) is 0 Å². The van der Waals surface area contributed by atoms with Crippen LogP contribution in [0.15, 0.2) is 0 Å². The van der Waals surface area contributed by atoms with Gasteiger partial charge in [-0.25, -0.2) is 4.57 Å². The Labute approximate surface area is 55.5 Å². The van der Waals surface area contributed by atoms with E-state index in [0.29, 0.717) is 0 Å². The van der Waals surface area contributed by atoms with Crippen molar-refractivity contribution in [3.05, 3.63) is 0 Å². The molecule has 0 aromatic rings. The van der Waals surface area contributed by atoms with Crippen molar-refractivity contribution < 1.29 is 38.1 Å². The molecule has 0 atom stereocenters. The van der Waals surface area contributed by atoms with Crippen molar-refractivity contribution in [1.82, 2.24) is 0 Å². The van der Waals surface area contributed by atoms with Gasteiger partial charge in [0, 0.05) is 8.41 Å². The van der Waals surface area contributed by atoms with Crippen molar-refractivity contribution in [3.63, 3.8) is 0 Å². The van der Waals surface area contributed by atoms with Crippen LogP contribution in [-0.4, -0.2) is 23.1 Å². The molecule has 0 aliphatic rings. The fraction of sp³-hybridized carbons (Fsp3) is 0. The van der Waals surface area contributed by atoms with Gasteiger partial charge in [0.2, 0.25) is 0 Å². The second kappa shape index (κ2) is 16.0. The summed E-state index contributed by atoms with van der Waals surface area (Å²) in [5.74, 6) is 0. The van der Waals surface area contributed by atoms with Gasteiger partial charge >= 0.3 is 7.82 Å². The average molecular weight is 189 g/mol. The lowest BCUT2D eigenvalue weighted by Crippen LogP contribution is -1.66. The molecule has 0 spiro atoms. The van der Waals surface area contributed by atoms with E-state index in [1.54, 1.807) is 0 Å². The zero-order valence-corrected chi connectivity index (χ0v) is 5.30. The van der Waals surface area contributed by atoms with Gasteiger partial charge in [0.15, 0.2) is 0 Å². The Morgan fingerprint density at radius 2 is 0.800 bits per heavy atom. The van der Waals surface area contributed by atoms with E-state index >= 15 is 0 Å².